The number of amides is 1. The first-order valence-corrected chi connectivity index (χ1v) is 9.32. The molecule has 0 radical (unpaired) electrons. The lowest BCUT2D eigenvalue weighted by atomic mass is 10.0. The highest BCUT2D eigenvalue weighted by atomic mass is 35.5. The predicted octanol–water partition coefficient (Wildman–Crippen LogP) is 5.19. The van der Waals surface area contributed by atoms with Crippen LogP contribution >= 0.6 is 11.6 Å². The molecule has 0 saturated heterocycles. The summed E-state index contributed by atoms with van der Waals surface area (Å²) in [5.41, 5.74) is 5.04. The number of benzene rings is 2. The van der Waals surface area contributed by atoms with Gasteiger partial charge in [-0.3, -0.25) is 9.78 Å². The Morgan fingerprint density at radius 2 is 1.89 bits per heavy atom. The first kappa shape index (κ1) is 18.1. The van der Waals surface area contributed by atoms with E-state index >= 15 is 0 Å². The molecule has 5 heteroatoms. The first-order valence-electron chi connectivity index (χ1n) is 8.94. The van der Waals surface area contributed by atoms with E-state index in [9.17, 15) is 4.79 Å². The third-order valence-electron chi connectivity index (χ3n) is 4.55. The number of hydrogen-bond donors (Lipinski definition) is 1. The van der Waals surface area contributed by atoms with Crippen LogP contribution in [0, 0.1) is 6.92 Å². The van der Waals surface area contributed by atoms with Gasteiger partial charge in [-0.25, -0.2) is 4.98 Å². The Morgan fingerprint density at radius 1 is 1.07 bits per heavy atom. The van der Waals surface area contributed by atoms with Gasteiger partial charge in [0.1, 0.15) is 0 Å². The van der Waals surface area contributed by atoms with E-state index in [1.807, 2.05) is 49.4 Å². The molecule has 28 heavy (non-hydrogen) atoms. The second kappa shape index (κ2) is 7.79. The second-order valence-corrected chi connectivity index (χ2v) is 7.06. The normalized spacial score (nSPS) is 10.8. The fourth-order valence-electron chi connectivity index (χ4n) is 3.03. The smallest absolute Gasteiger partial charge is 0.252 e. The lowest BCUT2D eigenvalue weighted by Crippen LogP contribution is -2.23. The van der Waals surface area contributed by atoms with E-state index in [0.29, 0.717) is 28.3 Å². The summed E-state index contributed by atoms with van der Waals surface area (Å²) >= 11 is 6.17. The number of fused-ring (bicyclic) bond motifs is 1. The van der Waals surface area contributed by atoms with Gasteiger partial charge >= 0.3 is 0 Å². The van der Waals surface area contributed by atoms with Crippen molar-refractivity contribution in [2.24, 2.45) is 0 Å². The van der Waals surface area contributed by atoms with Crippen LogP contribution in [-0.4, -0.2) is 15.9 Å². The van der Waals surface area contributed by atoms with Crippen LogP contribution in [0.4, 0.5) is 0 Å². The van der Waals surface area contributed by atoms with Crippen molar-refractivity contribution < 1.29 is 4.79 Å². The third kappa shape index (κ3) is 3.87. The standard InChI is InChI=1S/C23H18ClN3O/c1-15-4-6-16(7-5-15)13-26-23(28)20-12-22(17-3-2-10-25-14-17)27-21-9-8-18(24)11-19(20)21/h2-12,14H,13H2,1H3,(H,26,28). The number of aromatic nitrogens is 2. The summed E-state index contributed by atoms with van der Waals surface area (Å²) in [6, 6.07) is 19.0. The molecule has 2 heterocycles. The molecule has 0 atom stereocenters. The Balaban J connectivity index is 1.72. The Hall–Kier alpha value is -3.24. The fraction of sp³-hybridized carbons (Fsp3) is 0.0870. The average Bonchev–Trinajstić information content (AvgIpc) is 2.73. The van der Waals surface area contributed by atoms with Gasteiger partial charge in [-0.05, 0) is 48.9 Å². The van der Waals surface area contributed by atoms with Crippen LogP contribution in [0.3, 0.4) is 0 Å². The van der Waals surface area contributed by atoms with Crippen LogP contribution < -0.4 is 5.32 Å². The number of rotatable bonds is 4. The van der Waals surface area contributed by atoms with Crippen molar-refractivity contribution in [3.05, 3.63) is 94.8 Å². The van der Waals surface area contributed by atoms with Gasteiger partial charge in [0.15, 0.2) is 0 Å². The fourth-order valence-corrected chi connectivity index (χ4v) is 3.20. The van der Waals surface area contributed by atoms with Crippen LogP contribution in [0.25, 0.3) is 22.2 Å². The summed E-state index contributed by atoms with van der Waals surface area (Å²) in [6.45, 7) is 2.49. The topological polar surface area (TPSA) is 54.9 Å². The molecule has 0 bridgehead atoms. The molecule has 0 unspecified atom stereocenters. The minimum atomic E-state index is -0.166. The summed E-state index contributed by atoms with van der Waals surface area (Å²) in [4.78, 5) is 21.8. The molecule has 1 N–H and O–H groups in total. The number of hydrogen-bond acceptors (Lipinski definition) is 3. The lowest BCUT2D eigenvalue weighted by molar-refractivity contribution is 0.0952. The largest absolute Gasteiger partial charge is 0.348 e. The molecule has 0 fully saturated rings. The number of carbonyl (C=O) groups is 1. The van der Waals surface area contributed by atoms with Crippen molar-refractivity contribution in [2.45, 2.75) is 13.5 Å². The Bertz CT molecular complexity index is 1140. The number of nitrogens with zero attached hydrogens (tertiary/aromatic N) is 2. The highest BCUT2D eigenvalue weighted by Gasteiger charge is 2.14. The molecule has 0 aliphatic rings. The first-order chi connectivity index (χ1) is 13.6. The van der Waals surface area contributed by atoms with E-state index in [0.717, 1.165) is 16.5 Å². The third-order valence-corrected chi connectivity index (χ3v) is 4.78. The van der Waals surface area contributed by atoms with Crippen molar-refractivity contribution in [1.29, 1.82) is 0 Å². The van der Waals surface area contributed by atoms with Crippen molar-refractivity contribution >= 4 is 28.4 Å². The number of carbonyl (C=O) groups excluding carboxylic acids is 1. The van der Waals surface area contributed by atoms with E-state index in [1.165, 1.54) is 5.56 Å². The number of halogens is 1. The monoisotopic (exact) mass is 387 g/mol. The van der Waals surface area contributed by atoms with E-state index in [4.69, 9.17) is 11.6 Å². The second-order valence-electron chi connectivity index (χ2n) is 6.63. The quantitative estimate of drug-likeness (QED) is 0.524. The zero-order valence-electron chi connectivity index (χ0n) is 15.3. The molecule has 2 aromatic carbocycles. The maximum absolute atomic E-state index is 13.0. The highest BCUT2D eigenvalue weighted by molar-refractivity contribution is 6.31. The van der Waals surface area contributed by atoms with Gasteiger partial charge in [0.2, 0.25) is 0 Å². The maximum atomic E-state index is 13.0. The summed E-state index contributed by atoms with van der Waals surface area (Å²) in [5.74, 6) is -0.166. The van der Waals surface area contributed by atoms with Crippen molar-refractivity contribution in [3.8, 4) is 11.3 Å². The van der Waals surface area contributed by atoms with Gasteiger partial charge in [0, 0.05) is 34.9 Å². The molecule has 4 nitrogen and oxygen atoms in total. The Labute approximate surface area is 168 Å². The summed E-state index contributed by atoms with van der Waals surface area (Å²) in [6.07, 6.45) is 3.44. The highest BCUT2D eigenvalue weighted by Crippen LogP contribution is 2.26. The van der Waals surface area contributed by atoms with Gasteiger partial charge < -0.3 is 5.32 Å². The van der Waals surface area contributed by atoms with Crippen molar-refractivity contribution in [2.75, 3.05) is 0 Å². The minimum absolute atomic E-state index is 0.166. The predicted molar refractivity (Wildman–Crippen MR) is 112 cm³/mol. The van der Waals surface area contributed by atoms with Crippen LogP contribution in [0.2, 0.25) is 5.02 Å². The zero-order valence-corrected chi connectivity index (χ0v) is 16.1. The van der Waals surface area contributed by atoms with Crippen LogP contribution in [0.5, 0.6) is 0 Å². The molecular weight excluding hydrogens is 370 g/mol. The Kier molecular flexibility index (Phi) is 5.04. The minimum Gasteiger partial charge on any atom is -0.348 e. The molecule has 4 rings (SSSR count). The van der Waals surface area contributed by atoms with Crippen LogP contribution in [-0.2, 0) is 6.54 Å². The summed E-state index contributed by atoms with van der Waals surface area (Å²) in [5, 5.41) is 4.29. The molecule has 2 aromatic heterocycles. The molecule has 0 aliphatic carbocycles. The maximum Gasteiger partial charge on any atom is 0.252 e. The van der Waals surface area contributed by atoms with Gasteiger partial charge in [-0.2, -0.15) is 0 Å². The van der Waals surface area contributed by atoms with Gasteiger partial charge in [0.05, 0.1) is 16.8 Å². The molecule has 1 amide bonds. The van der Waals surface area contributed by atoms with E-state index in [-0.39, 0.29) is 5.91 Å². The number of pyridine rings is 2. The molecule has 0 spiro atoms. The van der Waals surface area contributed by atoms with Gasteiger partial charge in [-0.1, -0.05) is 41.4 Å². The SMILES string of the molecule is Cc1ccc(CNC(=O)c2cc(-c3cccnc3)nc3ccc(Cl)cc23)cc1. The Morgan fingerprint density at radius 3 is 2.64 bits per heavy atom. The number of nitrogens with one attached hydrogen (secondary N) is 1. The zero-order chi connectivity index (χ0) is 19.5. The van der Waals surface area contributed by atoms with Crippen molar-refractivity contribution in [1.82, 2.24) is 15.3 Å². The van der Waals surface area contributed by atoms with Crippen LogP contribution in [0.1, 0.15) is 21.5 Å². The summed E-state index contributed by atoms with van der Waals surface area (Å²) < 4.78 is 0. The molecule has 0 aliphatic heterocycles. The van der Waals surface area contributed by atoms with Gasteiger partial charge in [-0.15, -0.1) is 0 Å². The van der Waals surface area contributed by atoms with E-state index in [2.05, 4.69) is 15.3 Å². The molecule has 138 valence electrons. The molecular formula is C23H18ClN3O. The van der Waals surface area contributed by atoms with Gasteiger partial charge in [0.25, 0.3) is 5.91 Å². The van der Waals surface area contributed by atoms with Crippen molar-refractivity contribution in [3.63, 3.8) is 0 Å². The molecule has 0 saturated carbocycles. The van der Waals surface area contributed by atoms with E-state index < -0.39 is 0 Å². The number of aryl methyl sites for hydroxylation is 1. The van der Waals surface area contributed by atoms with Crippen LogP contribution in [0.15, 0.2) is 73.1 Å². The van der Waals surface area contributed by atoms with E-state index in [1.54, 1.807) is 30.6 Å². The summed E-state index contributed by atoms with van der Waals surface area (Å²) in [7, 11) is 0. The average molecular weight is 388 g/mol. The lowest BCUT2D eigenvalue weighted by Gasteiger charge is -2.11. The molecule has 4 aromatic rings.